The van der Waals surface area contributed by atoms with Gasteiger partial charge in [-0.15, -0.1) is 0 Å². The van der Waals surface area contributed by atoms with E-state index < -0.39 is 0 Å². The summed E-state index contributed by atoms with van der Waals surface area (Å²) in [6.07, 6.45) is 5.32. The Morgan fingerprint density at radius 3 is 2.78 bits per heavy atom. The highest BCUT2D eigenvalue weighted by Crippen LogP contribution is 2.41. The molecule has 0 saturated carbocycles. The molecule has 0 spiro atoms. The molecule has 2 amide bonds. The fourth-order valence-electron chi connectivity index (χ4n) is 4.54. The molecule has 0 aliphatic carbocycles. The van der Waals surface area contributed by atoms with Crippen LogP contribution in [0.3, 0.4) is 0 Å². The molecule has 2 fully saturated rings. The summed E-state index contributed by atoms with van der Waals surface area (Å²) in [4.78, 5) is 19.3. The number of pyridine rings is 1. The number of rotatable bonds is 4. The third-order valence-electron chi connectivity index (χ3n) is 5.98. The van der Waals surface area contributed by atoms with Crippen molar-refractivity contribution in [2.45, 2.75) is 37.8 Å². The smallest absolute Gasteiger partial charge is 0.318 e. The van der Waals surface area contributed by atoms with Crippen LogP contribution in [0.5, 0.6) is 0 Å². The number of urea groups is 1. The molecule has 142 valence electrons. The fourth-order valence-corrected chi connectivity index (χ4v) is 4.54. The van der Waals surface area contributed by atoms with Gasteiger partial charge in [0.2, 0.25) is 0 Å². The molecular formula is C22H27N3O2. The Balaban J connectivity index is 1.52. The van der Waals surface area contributed by atoms with Crippen molar-refractivity contribution in [1.82, 2.24) is 15.2 Å². The highest BCUT2D eigenvalue weighted by atomic mass is 16.5. The average molecular weight is 365 g/mol. The van der Waals surface area contributed by atoms with E-state index in [-0.39, 0.29) is 18.1 Å². The Morgan fingerprint density at radius 1 is 1.26 bits per heavy atom. The largest absolute Gasteiger partial charge is 0.381 e. The lowest BCUT2D eigenvalue weighted by Crippen LogP contribution is -2.47. The maximum Gasteiger partial charge on any atom is 0.318 e. The molecule has 2 aliphatic heterocycles. The molecule has 5 heteroatoms. The van der Waals surface area contributed by atoms with Gasteiger partial charge in [-0.25, -0.2) is 4.79 Å². The number of benzene rings is 1. The zero-order valence-electron chi connectivity index (χ0n) is 15.8. The zero-order valence-corrected chi connectivity index (χ0v) is 15.8. The van der Waals surface area contributed by atoms with Crippen molar-refractivity contribution in [3.8, 4) is 0 Å². The summed E-state index contributed by atoms with van der Waals surface area (Å²) in [7, 11) is 0. The van der Waals surface area contributed by atoms with Crippen molar-refractivity contribution < 1.29 is 9.53 Å². The average Bonchev–Trinajstić information content (AvgIpc) is 3.13. The summed E-state index contributed by atoms with van der Waals surface area (Å²) in [5.74, 6) is 0.705. The number of ether oxygens (including phenoxy) is 1. The van der Waals surface area contributed by atoms with Gasteiger partial charge < -0.3 is 15.0 Å². The molecule has 27 heavy (non-hydrogen) atoms. The van der Waals surface area contributed by atoms with E-state index in [4.69, 9.17) is 4.74 Å². The van der Waals surface area contributed by atoms with Crippen LogP contribution < -0.4 is 5.32 Å². The van der Waals surface area contributed by atoms with Crippen molar-refractivity contribution in [2.75, 3.05) is 19.8 Å². The number of aromatic nitrogens is 1. The van der Waals surface area contributed by atoms with E-state index in [0.717, 1.165) is 38.2 Å². The molecule has 1 aromatic heterocycles. The van der Waals surface area contributed by atoms with Gasteiger partial charge in [-0.3, -0.25) is 4.98 Å². The van der Waals surface area contributed by atoms with E-state index in [1.165, 1.54) is 5.56 Å². The van der Waals surface area contributed by atoms with Crippen LogP contribution in [-0.4, -0.2) is 41.7 Å². The lowest BCUT2D eigenvalue weighted by atomic mass is 9.84. The van der Waals surface area contributed by atoms with Crippen LogP contribution in [0.1, 0.15) is 42.9 Å². The van der Waals surface area contributed by atoms with Gasteiger partial charge in [-0.05, 0) is 36.1 Å². The quantitative estimate of drug-likeness (QED) is 0.898. The van der Waals surface area contributed by atoms with Crippen LogP contribution in [0.2, 0.25) is 0 Å². The van der Waals surface area contributed by atoms with Crippen molar-refractivity contribution in [3.05, 3.63) is 66.0 Å². The Hall–Kier alpha value is -2.40. The summed E-state index contributed by atoms with van der Waals surface area (Å²) < 4.78 is 5.77. The van der Waals surface area contributed by atoms with Gasteiger partial charge in [0, 0.05) is 43.4 Å². The van der Waals surface area contributed by atoms with Crippen molar-refractivity contribution in [1.29, 1.82) is 0 Å². The molecule has 0 radical (unpaired) electrons. The summed E-state index contributed by atoms with van der Waals surface area (Å²) >= 11 is 0. The first-order valence-electron chi connectivity index (χ1n) is 9.87. The first-order chi connectivity index (χ1) is 13.3. The van der Waals surface area contributed by atoms with Gasteiger partial charge in [0.05, 0.1) is 12.6 Å². The van der Waals surface area contributed by atoms with Gasteiger partial charge in [0.15, 0.2) is 0 Å². The second-order valence-electron chi connectivity index (χ2n) is 7.46. The van der Waals surface area contributed by atoms with Gasteiger partial charge >= 0.3 is 6.03 Å². The first-order valence-corrected chi connectivity index (χ1v) is 9.87. The van der Waals surface area contributed by atoms with Crippen molar-refractivity contribution in [3.63, 3.8) is 0 Å². The lowest BCUT2D eigenvalue weighted by molar-refractivity contribution is 0.0259. The normalized spacial score (nSPS) is 25.7. The van der Waals surface area contributed by atoms with Gasteiger partial charge in [0.25, 0.3) is 0 Å². The van der Waals surface area contributed by atoms with Gasteiger partial charge in [-0.2, -0.15) is 0 Å². The maximum absolute atomic E-state index is 13.2. The fraction of sp³-hybridized carbons (Fsp3) is 0.455. The number of hydrogen-bond acceptors (Lipinski definition) is 3. The zero-order chi connectivity index (χ0) is 18.6. The van der Waals surface area contributed by atoms with Crippen LogP contribution in [0, 0.1) is 5.92 Å². The minimum atomic E-state index is 0.00886. The summed E-state index contributed by atoms with van der Waals surface area (Å²) in [5.41, 5.74) is 2.40. The second kappa shape index (κ2) is 8.09. The van der Waals surface area contributed by atoms with Crippen LogP contribution in [0.15, 0.2) is 54.9 Å². The molecule has 2 aliphatic rings. The Morgan fingerprint density at radius 2 is 2.04 bits per heavy atom. The van der Waals surface area contributed by atoms with Crippen LogP contribution in [0.4, 0.5) is 4.79 Å². The topological polar surface area (TPSA) is 54.5 Å². The lowest BCUT2D eigenvalue weighted by Gasteiger charge is -2.33. The molecular weight excluding hydrogens is 338 g/mol. The van der Waals surface area contributed by atoms with Crippen LogP contribution in [-0.2, 0) is 4.74 Å². The highest BCUT2D eigenvalue weighted by molar-refractivity contribution is 5.76. The predicted octanol–water partition coefficient (Wildman–Crippen LogP) is 3.75. The number of fused-ring (bicyclic) bond motifs is 1. The number of carbonyl (C=O) groups excluding carboxylic acids is 1. The molecule has 2 aromatic rings. The molecule has 3 heterocycles. The summed E-state index contributed by atoms with van der Waals surface area (Å²) in [6, 6.07) is 14.8. The minimum Gasteiger partial charge on any atom is -0.381 e. The Kier molecular flexibility index (Phi) is 5.39. The molecule has 1 N–H and O–H groups in total. The highest BCUT2D eigenvalue weighted by Gasteiger charge is 2.46. The standard InChI is InChI=1S/C22H27N3O2/c1-2-20(17-8-11-23-12-9-17)24-22(26)25-14-18(16-6-4-3-5-7-16)19-15-27-13-10-21(19)25/h3-9,11-12,18-21H,2,10,13-15H2,1H3,(H,24,26). The molecule has 4 unspecified atom stereocenters. The number of likely N-dealkylation sites (tertiary alicyclic amines) is 1. The van der Waals surface area contributed by atoms with E-state index in [1.54, 1.807) is 12.4 Å². The first kappa shape index (κ1) is 18.0. The molecule has 4 atom stereocenters. The number of nitrogens with one attached hydrogen (secondary N) is 1. The number of amides is 2. The summed E-state index contributed by atoms with van der Waals surface area (Å²) in [5, 5.41) is 3.25. The minimum absolute atomic E-state index is 0.00886. The predicted molar refractivity (Wildman–Crippen MR) is 104 cm³/mol. The monoisotopic (exact) mass is 365 g/mol. The number of nitrogens with zero attached hydrogens (tertiary/aromatic N) is 2. The van der Waals surface area contributed by atoms with Crippen LogP contribution in [0.25, 0.3) is 0 Å². The van der Waals surface area contributed by atoms with E-state index in [2.05, 4.69) is 46.4 Å². The van der Waals surface area contributed by atoms with Crippen molar-refractivity contribution >= 4 is 6.03 Å². The number of carbonyl (C=O) groups is 1. The van der Waals surface area contributed by atoms with E-state index in [1.807, 2.05) is 18.2 Å². The molecule has 5 nitrogen and oxygen atoms in total. The molecule has 1 aromatic carbocycles. The van der Waals surface area contributed by atoms with Gasteiger partial charge in [0.1, 0.15) is 0 Å². The van der Waals surface area contributed by atoms with Gasteiger partial charge in [-0.1, -0.05) is 37.3 Å². The third-order valence-corrected chi connectivity index (χ3v) is 5.98. The molecule has 0 bridgehead atoms. The maximum atomic E-state index is 13.2. The van der Waals surface area contributed by atoms with E-state index in [9.17, 15) is 4.79 Å². The Bertz CT molecular complexity index is 753. The molecule has 4 rings (SSSR count). The SMILES string of the molecule is CCC(NC(=O)N1CC(c2ccccc2)C2COCCC21)c1ccncc1. The summed E-state index contributed by atoms with van der Waals surface area (Å²) in [6.45, 7) is 4.31. The van der Waals surface area contributed by atoms with Crippen LogP contribution >= 0.6 is 0 Å². The molecule has 2 saturated heterocycles. The van der Waals surface area contributed by atoms with E-state index in [0.29, 0.717) is 11.8 Å². The van der Waals surface area contributed by atoms with Crippen molar-refractivity contribution in [2.24, 2.45) is 5.92 Å². The second-order valence-corrected chi connectivity index (χ2v) is 7.46. The third kappa shape index (κ3) is 3.69. The Labute approximate surface area is 160 Å². The van der Waals surface area contributed by atoms with E-state index >= 15 is 0 Å². The number of hydrogen-bond donors (Lipinski definition) is 1.